The molecule has 0 aliphatic carbocycles. The topological polar surface area (TPSA) is 55.8 Å². The molecular weight excluding hydrogens is 256 g/mol. The van der Waals surface area contributed by atoms with E-state index in [9.17, 15) is 4.79 Å². The lowest BCUT2D eigenvalue weighted by Crippen LogP contribution is -2.25. The Balaban J connectivity index is 2.38. The summed E-state index contributed by atoms with van der Waals surface area (Å²) in [6.07, 6.45) is 4.34. The first kappa shape index (κ1) is 16.3. The Labute approximate surface area is 120 Å². The average Bonchev–Trinajstić information content (AvgIpc) is 2.45. The Bertz CT molecular complexity index is 386. The molecule has 0 aliphatic heterocycles. The second kappa shape index (κ2) is 9.23. The van der Waals surface area contributed by atoms with Gasteiger partial charge in [-0.05, 0) is 37.1 Å². The summed E-state index contributed by atoms with van der Waals surface area (Å²) in [5.41, 5.74) is 0. The predicted molar refractivity (Wildman–Crippen MR) is 78.4 cm³/mol. The molecule has 0 amide bonds. The molecule has 0 aromatic heterocycles. The Morgan fingerprint density at radius 3 is 2.30 bits per heavy atom. The van der Waals surface area contributed by atoms with Crippen molar-refractivity contribution in [2.45, 2.75) is 52.1 Å². The number of unbranched alkanes of at least 4 members (excludes halogenated alkanes) is 3. The van der Waals surface area contributed by atoms with Gasteiger partial charge in [0.2, 0.25) is 0 Å². The van der Waals surface area contributed by atoms with Gasteiger partial charge in [-0.15, -0.1) is 0 Å². The van der Waals surface area contributed by atoms with E-state index in [1.807, 2.05) is 12.1 Å². The minimum Gasteiger partial charge on any atom is -0.494 e. The van der Waals surface area contributed by atoms with Crippen LogP contribution in [0.15, 0.2) is 24.3 Å². The zero-order chi connectivity index (χ0) is 14.8. The quantitative estimate of drug-likeness (QED) is 0.661. The Morgan fingerprint density at radius 1 is 1.10 bits per heavy atom. The zero-order valence-corrected chi connectivity index (χ0v) is 12.3. The summed E-state index contributed by atoms with van der Waals surface area (Å²) in [7, 11) is 0. The number of rotatable bonds is 10. The maximum atomic E-state index is 10.9. The monoisotopic (exact) mass is 280 g/mol. The van der Waals surface area contributed by atoms with Crippen molar-refractivity contribution in [3.05, 3.63) is 24.3 Å². The van der Waals surface area contributed by atoms with Crippen LogP contribution in [0, 0.1) is 0 Å². The van der Waals surface area contributed by atoms with Gasteiger partial charge < -0.3 is 14.6 Å². The normalized spacial score (nSPS) is 11.9. The first-order chi connectivity index (χ1) is 9.67. The average molecular weight is 280 g/mol. The fraction of sp³-hybridized carbons (Fsp3) is 0.562. The zero-order valence-electron chi connectivity index (χ0n) is 12.3. The number of carboxylic acids is 1. The highest BCUT2D eigenvalue weighted by atomic mass is 16.5. The number of hydrogen-bond acceptors (Lipinski definition) is 3. The van der Waals surface area contributed by atoms with Gasteiger partial charge in [0.1, 0.15) is 11.5 Å². The molecule has 4 heteroatoms. The Morgan fingerprint density at radius 2 is 1.75 bits per heavy atom. The Kier molecular flexibility index (Phi) is 7.55. The molecule has 0 heterocycles. The number of aliphatic carboxylic acids is 1. The number of ether oxygens (including phenoxy) is 2. The van der Waals surface area contributed by atoms with Crippen LogP contribution in [0.4, 0.5) is 0 Å². The molecule has 1 aromatic carbocycles. The minimum absolute atomic E-state index is 0.436. The van der Waals surface area contributed by atoms with Crippen LogP contribution in [-0.4, -0.2) is 23.8 Å². The standard InChI is InChI=1S/C16H24O4/c1-3-5-6-7-12-19-13-8-10-14(11-9-13)20-15(4-2)16(17)18/h8-11,15H,3-7,12H2,1-2H3,(H,17,18)/t15-/m1/s1. The maximum Gasteiger partial charge on any atom is 0.344 e. The summed E-state index contributed by atoms with van der Waals surface area (Å²) in [6.45, 7) is 4.68. The van der Waals surface area contributed by atoms with Gasteiger partial charge in [0, 0.05) is 0 Å². The lowest BCUT2D eigenvalue weighted by atomic mass is 10.2. The summed E-state index contributed by atoms with van der Waals surface area (Å²) in [6, 6.07) is 7.10. The molecular formula is C16H24O4. The van der Waals surface area contributed by atoms with E-state index in [2.05, 4.69) is 6.92 Å². The van der Waals surface area contributed by atoms with Gasteiger partial charge in [0.15, 0.2) is 6.10 Å². The van der Waals surface area contributed by atoms with E-state index in [0.29, 0.717) is 18.8 Å². The van der Waals surface area contributed by atoms with Crippen molar-refractivity contribution in [3.63, 3.8) is 0 Å². The molecule has 0 bridgehead atoms. The summed E-state index contributed by atoms with van der Waals surface area (Å²) < 4.78 is 11.0. The highest BCUT2D eigenvalue weighted by Crippen LogP contribution is 2.19. The van der Waals surface area contributed by atoms with E-state index in [4.69, 9.17) is 14.6 Å². The molecule has 112 valence electrons. The predicted octanol–water partition coefficient (Wildman–Crippen LogP) is 3.89. The van der Waals surface area contributed by atoms with E-state index in [1.54, 1.807) is 19.1 Å². The van der Waals surface area contributed by atoms with Crippen LogP contribution in [0.25, 0.3) is 0 Å². The van der Waals surface area contributed by atoms with Gasteiger partial charge >= 0.3 is 5.97 Å². The maximum absolute atomic E-state index is 10.9. The van der Waals surface area contributed by atoms with Crippen LogP contribution >= 0.6 is 0 Å². The fourth-order valence-corrected chi connectivity index (χ4v) is 1.81. The van der Waals surface area contributed by atoms with Gasteiger partial charge in [-0.1, -0.05) is 33.1 Å². The second-order valence-corrected chi connectivity index (χ2v) is 4.73. The molecule has 1 rings (SSSR count). The molecule has 0 radical (unpaired) electrons. The lowest BCUT2D eigenvalue weighted by Gasteiger charge is -2.13. The summed E-state index contributed by atoms with van der Waals surface area (Å²) in [4.78, 5) is 10.9. The molecule has 0 unspecified atom stereocenters. The van der Waals surface area contributed by atoms with E-state index >= 15 is 0 Å². The Hall–Kier alpha value is -1.71. The number of carbonyl (C=O) groups is 1. The van der Waals surface area contributed by atoms with Crippen molar-refractivity contribution >= 4 is 5.97 Å². The molecule has 0 fully saturated rings. The second-order valence-electron chi connectivity index (χ2n) is 4.73. The van der Waals surface area contributed by atoms with Crippen LogP contribution in [-0.2, 0) is 4.79 Å². The van der Waals surface area contributed by atoms with Crippen molar-refractivity contribution in [1.82, 2.24) is 0 Å². The van der Waals surface area contributed by atoms with Crippen molar-refractivity contribution in [1.29, 1.82) is 0 Å². The van der Waals surface area contributed by atoms with E-state index in [-0.39, 0.29) is 0 Å². The van der Waals surface area contributed by atoms with E-state index in [1.165, 1.54) is 19.3 Å². The molecule has 0 aliphatic rings. The number of benzene rings is 1. The summed E-state index contributed by atoms with van der Waals surface area (Å²) in [5.74, 6) is 0.401. The van der Waals surface area contributed by atoms with Gasteiger partial charge in [0.25, 0.3) is 0 Å². The first-order valence-electron chi connectivity index (χ1n) is 7.29. The van der Waals surface area contributed by atoms with Gasteiger partial charge in [0.05, 0.1) is 6.61 Å². The summed E-state index contributed by atoms with van der Waals surface area (Å²) >= 11 is 0. The number of carboxylic acid groups (broad SMARTS) is 1. The van der Waals surface area contributed by atoms with Crippen LogP contribution in [0.2, 0.25) is 0 Å². The van der Waals surface area contributed by atoms with Gasteiger partial charge in [-0.3, -0.25) is 0 Å². The molecule has 20 heavy (non-hydrogen) atoms. The van der Waals surface area contributed by atoms with Crippen LogP contribution in [0.5, 0.6) is 11.5 Å². The minimum atomic E-state index is -0.941. The molecule has 1 N–H and O–H groups in total. The third-order valence-corrected chi connectivity index (χ3v) is 3.01. The lowest BCUT2D eigenvalue weighted by molar-refractivity contribution is -0.145. The third kappa shape index (κ3) is 5.95. The van der Waals surface area contributed by atoms with Gasteiger partial charge in [-0.2, -0.15) is 0 Å². The highest BCUT2D eigenvalue weighted by molar-refractivity contribution is 5.72. The molecule has 4 nitrogen and oxygen atoms in total. The largest absolute Gasteiger partial charge is 0.494 e. The summed E-state index contributed by atoms with van der Waals surface area (Å²) in [5, 5.41) is 8.93. The van der Waals surface area contributed by atoms with Crippen molar-refractivity contribution < 1.29 is 19.4 Å². The number of hydrogen-bond donors (Lipinski definition) is 1. The molecule has 1 aromatic rings. The molecule has 0 saturated heterocycles. The van der Waals surface area contributed by atoms with Crippen LogP contribution in [0.1, 0.15) is 46.0 Å². The molecule has 0 saturated carbocycles. The molecule has 0 spiro atoms. The van der Waals surface area contributed by atoms with Crippen LogP contribution in [0.3, 0.4) is 0 Å². The van der Waals surface area contributed by atoms with E-state index < -0.39 is 12.1 Å². The first-order valence-corrected chi connectivity index (χ1v) is 7.29. The van der Waals surface area contributed by atoms with Crippen molar-refractivity contribution in [3.8, 4) is 11.5 Å². The van der Waals surface area contributed by atoms with Crippen molar-refractivity contribution in [2.75, 3.05) is 6.61 Å². The fourth-order valence-electron chi connectivity index (χ4n) is 1.81. The highest BCUT2D eigenvalue weighted by Gasteiger charge is 2.16. The smallest absolute Gasteiger partial charge is 0.344 e. The van der Waals surface area contributed by atoms with E-state index in [0.717, 1.165) is 12.2 Å². The van der Waals surface area contributed by atoms with Crippen LogP contribution < -0.4 is 9.47 Å². The molecule has 1 atom stereocenters. The van der Waals surface area contributed by atoms with Gasteiger partial charge in [-0.25, -0.2) is 4.79 Å². The SMILES string of the molecule is CCCCCCOc1ccc(O[C@H](CC)C(=O)O)cc1. The third-order valence-electron chi connectivity index (χ3n) is 3.01. The van der Waals surface area contributed by atoms with Crippen molar-refractivity contribution in [2.24, 2.45) is 0 Å².